The first-order chi connectivity index (χ1) is 11.6. The van der Waals surface area contributed by atoms with Crippen molar-refractivity contribution in [3.8, 4) is 0 Å². The molecule has 24 heavy (non-hydrogen) atoms. The van der Waals surface area contributed by atoms with Gasteiger partial charge in [-0.25, -0.2) is 9.97 Å². The number of halogens is 1. The molecule has 1 heterocycles. The minimum absolute atomic E-state index is 0.147. The molecule has 120 valence electrons. The highest BCUT2D eigenvalue weighted by Gasteiger charge is 2.23. The Balaban J connectivity index is 1.97. The molecule has 0 saturated heterocycles. The topological polar surface area (TPSA) is 81.0 Å². The van der Waals surface area contributed by atoms with Crippen molar-refractivity contribution < 1.29 is 4.92 Å². The average molecular weight is 403 g/mol. The van der Waals surface area contributed by atoms with Crippen molar-refractivity contribution in [1.82, 2.24) is 9.97 Å². The molecule has 0 aliphatic rings. The molecule has 3 rings (SSSR count). The number of benzene rings is 2. The Bertz CT molecular complexity index is 877. The average Bonchev–Trinajstić information content (AvgIpc) is 2.56. The van der Waals surface area contributed by atoms with Crippen molar-refractivity contribution in [2.24, 2.45) is 0 Å². The zero-order valence-corrected chi connectivity index (χ0v) is 14.6. The lowest BCUT2D eigenvalue weighted by atomic mass is 10.3. The molecule has 1 aromatic heterocycles. The Morgan fingerprint density at radius 3 is 2.58 bits per heavy atom. The molecule has 0 bridgehead atoms. The van der Waals surface area contributed by atoms with Crippen LogP contribution in [0.3, 0.4) is 0 Å². The Morgan fingerprint density at radius 1 is 1.08 bits per heavy atom. The minimum atomic E-state index is -0.467. The van der Waals surface area contributed by atoms with Crippen molar-refractivity contribution in [2.75, 3.05) is 5.32 Å². The van der Waals surface area contributed by atoms with Gasteiger partial charge in [0.1, 0.15) is 6.33 Å². The van der Waals surface area contributed by atoms with E-state index in [0.29, 0.717) is 10.7 Å². The van der Waals surface area contributed by atoms with Crippen LogP contribution in [0.2, 0.25) is 0 Å². The van der Waals surface area contributed by atoms with Gasteiger partial charge >= 0.3 is 5.69 Å². The number of nitrogens with zero attached hydrogens (tertiary/aromatic N) is 3. The van der Waals surface area contributed by atoms with E-state index in [1.54, 1.807) is 6.07 Å². The van der Waals surface area contributed by atoms with Crippen LogP contribution in [0.15, 0.2) is 75.3 Å². The molecule has 1 N–H and O–H groups in total. The number of hydrogen-bond donors (Lipinski definition) is 1. The molecule has 2 aromatic carbocycles. The second kappa shape index (κ2) is 7.41. The van der Waals surface area contributed by atoms with Crippen LogP contribution in [0, 0.1) is 10.1 Å². The highest BCUT2D eigenvalue weighted by Crippen LogP contribution is 2.37. The summed E-state index contributed by atoms with van der Waals surface area (Å²) >= 11 is 4.60. The summed E-state index contributed by atoms with van der Waals surface area (Å²) in [7, 11) is 0. The van der Waals surface area contributed by atoms with Gasteiger partial charge < -0.3 is 5.32 Å². The van der Waals surface area contributed by atoms with Gasteiger partial charge in [0.25, 0.3) is 0 Å². The third-order valence-corrected chi connectivity index (χ3v) is 4.51. The highest BCUT2D eigenvalue weighted by molar-refractivity contribution is 9.10. The smallest absolute Gasteiger partial charge is 0.334 e. The fourth-order valence-corrected chi connectivity index (χ4v) is 3.28. The molecule has 0 atom stereocenters. The molecular formula is C16H11BrN4O2S. The maximum atomic E-state index is 11.6. The zero-order valence-electron chi connectivity index (χ0n) is 12.2. The van der Waals surface area contributed by atoms with Crippen LogP contribution in [-0.4, -0.2) is 14.9 Å². The van der Waals surface area contributed by atoms with Crippen molar-refractivity contribution >= 4 is 44.9 Å². The van der Waals surface area contributed by atoms with Gasteiger partial charge in [-0.3, -0.25) is 10.1 Å². The molecule has 6 nitrogen and oxygen atoms in total. The van der Waals surface area contributed by atoms with Crippen LogP contribution in [-0.2, 0) is 0 Å². The number of nitro groups is 1. The normalized spacial score (nSPS) is 10.4. The molecule has 0 aliphatic carbocycles. The molecular weight excluding hydrogens is 392 g/mol. The van der Waals surface area contributed by atoms with Gasteiger partial charge in [0, 0.05) is 15.1 Å². The summed E-state index contributed by atoms with van der Waals surface area (Å²) in [5.74, 6) is 0.159. The lowest BCUT2D eigenvalue weighted by Gasteiger charge is -2.08. The third kappa shape index (κ3) is 3.90. The maximum absolute atomic E-state index is 11.6. The van der Waals surface area contributed by atoms with E-state index in [9.17, 15) is 10.1 Å². The first-order valence-electron chi connectivity index (χ1n) is 6.88. The van der Waals surface area contributed by atoms with Gasteiger partial charge in [-0.2, -0.15) is 0 Å². The Kier molecular flexibility index (Phi) is 5.07. The van der Waals surface area contributed by atoms with Crippen LogP contribution >= 0.6 is 27.7 Å². The summed E-state index contributed by atoms with van der Waals surface area (Å²) in [6, 6.07) is 16.7. The molecule has 0 aliphatic heterocycles. The number of anilines is 2. The summed E-state index contributed by atoms with van der Waals surface area (Å²) in [4.78, 5) is 20.1. The molecule has 0 saturated carbocycles. The van der Waals surface area contributed by atoms with E-state index in [1.807, 2.05) is 48.5 Å². The predicted molar refractivity (Wildman–Crippen MR) is 96.7 cm³/mol. The third-order valence-electron chi connectivity index (χ3n) is 3.02. The number of nitrogens with one attached hydrogen (secondary N) is 1. The first-order valence-corrected chi connectivity index (χ1v) is 8.49. The molecule has 8 heteroatoms. The quantitative estimate of drug-likeness (QED) is 0.365. The second-order valence-electron chi connectivity index (χ2n) is 4.68. The number of rotatable bonds is 5. The summed E-state index contributed by atoms with van der Waals surface area (Å²) in [5.41, 5.74) is 0.549. The van der Waals surface area contributed by atoms with Crippen LogP contribution < -0.4 is 5.32 Å². The molecule has 0 fully saturated rings. The van der Waals surface area contributed by atoms with E-state index in [1.165, 1.54) is 18.1 Å². The van der Waals surface area contributed by atoms with Crippen molar-refractivity contribution in [3.05, 3.63) is 75.5 Å². The summed E-state index contributed by atoms with van der Waals surface area (Å²) in [6.07, 6.45) is 1.32. The van der Waals surface area contributed by atoms with Crippen LogP contribution in [0.5, 0.6) is 0 Å². The van der Waals surface area contributed by atoms with E-state index >= 15 is 0 Å². The Hall–Kier alpha value is -2.45. The van der Waals surface area contributed by atoms with E-state index in [2.05, 4.69) is 31.2 Å². The van der Waals surface area contributed by atoms with E-state index in [-0.39, 0.29) is 11.5 Å². The van der Waals surface area contributed by atoms with E-state index in [0.717, 1.165) is 9.37 Å². The highest BCUT2D eigenvalue weighted by atomic mass is 79.9. The largest absolute Gasteiger partial charge is 0.343 e. The first kappa shape index (κ1) is 16.4. The SMILES string of the molecule is O=[N+]([O-])c1c(Nc2cccc(Br)c2)ncnc1Sc1ccccc1. The fraction of sp³-hybridized carbons (Fsp3) is 0. The van der Waals surface area contributed by atoms with Crippen molar-refractivity contribution in [2.45, 2.75) is 9.92 Å². The molecule has 0 radical (unpaired) electrons. The molecule has 0 spiro atoms. The number of hydrogen-bond acceptors (Lipinski definition) is 6. The lowest BCUT2D eigenvalue weighted by Crippen LogP contribution is -2.02. The van der Waals surface area contributed by atoms with Gasteiger partial charge in [-0.05, 0) is 30.3 Å². The zero-order chi connectivity index (χ0) is 16.9. The van der Waals surface area contributed by atoms with Gasteiger partial charge in [0.15, 0.2) is 5.03 Å². The monoisotopic (exact) mass is 402 g/mol. The molecule has 0 unspecified atom stereocenters. The van der Waals surface area contributed by atoms with E-state index < -0.39 is 4.92 Å². The van der Waals surface area contributed by atoms with Crippen LogP contribution in [0.4, 0.5) is 17.2 Å². The Labute approximate surface area is 150 Å². The van der Waals surface area contributed by atoms with Gasteiger partial charge in [0.2, 0.25) is 5.82 Å². The predicted octanol–water partition coefficient (Wildman–Crippen LogP) is 5.04. The Morgan fingerprint density at radius 2 is 1.88 bits per heavy atom. The van der Waals surface area contributed by atoms with Gasteiger partial charge in [-0.1, -0.05) is 52.0 Å². The van der Waals surface area contributed by atoms with Crippen molar-refractivity contribution in [1.29, 1.82) is 0 Å². The maximum Gasteiger partial charge on any atom is 0.343 e. The molecule has 0 amide bonds. The summed E-state index contributed by atoms with van der Waals surface area (Å²) < 4.78 is 0.864. The van der Waals surface area contributed by atoms with Crippen LogP contribution in [0.25, 0.3) is 0 Å². The molecule has 3 aromatic rings. The minimum Gasteiger partial charge on any atom is -0.334 e. The van der Waals surface area contributed by atoms with Gasteiger partial charge in [0.05, 0.1) is 4.92 Å². The summed E-state index contributed by atoms with van der Waals surface area (Å²) in [6.45, 7) is 0. The lowest BCUT2D eigenvalue weighted by molar-refractivity contribution is -0.387. The fourth-order valence-electron chi connectivity index (χ4n) is 2.00. The summed E-state index contributed by atoms with van der Waals surface area (Å²) in [5, 5.41) is 14.8. The van der Waals surface area contributed by atoms with Crippen molar-refractivity contribution in [3.63, 3.8) is 0 Å². The van der Waals surface area contributed by atoms with E-state index in [4.69, 9.17) is 0 Å². The van der Waals surface area contributed by atoms with Crippen LogP contribution in [0.1, 0.15) is 0 Å². The number of aromatic nitrogens is 2. The second-order valence-corrected chi connectivity index (χ2v) is 6.66. The van der Waals surface area contributed by atoms with Gasteiger partial charge in [-0.15, -0.1) is 0 Å². The standard InChI is InChI=1S/C16H11BrN4O2S/c17-11-5-4-6-12(9-11)20-15-14(21(22)23)16(19-10-18-15)24-13-7-2-1-3-8-13/h1-10H,(H,18,19,20).